The molecule has 0 atom stereocenters. The van der Waals surface area contributed by atoms with Gasteiger partial charge in [-0.2, -0.15) is 5.10 Å². The van der Waals surface area contributed by atoms with Crippen LogP contribution in [-0.4, -0.2) is 28.8 Å². The van der Waals surface area contributed by atoms with E-state index in [0.29, 0.717) is 17.0 Å². The standard InChI is InChI=1S/C16H20N4O3.ClH/c1-10-7-13(11-3-5-17-6-4-11)23-16(22)14(10)15(21)19-12-8-18-20(2)9-12;/h7-9,11,17H,3-6H2,1-2H3,(H,19,21);1H. The average Bonchev–Trinajstić information content (AvgIpc) is 2.92. The zero-order valence-corrected chi connectivity index (χ0v) is 14.5. The number of carbonyl (C=O) groups excluding carboxylic acids is 1. The van der Waals surface area contributed by atoms with Gasteiger partial charge in [-0.15, -0.1) is 12.4 Å². The number of hydrogen-bond acceptors (Lipinski definition) is 5. The van der Waals surface area contributed by atoms with Gasteiger partial charge in [-0.05, 0) is 44.5 Å². The second kappa shape index (κ2) is 7.63. The van der Waals surface area contributed by atoms with Gasteiger partial charge in [0.15, 0.2) is 0 Å². The van der Waals surface area contributed by atoms with E-state index in [1.54, 1.807) is 24.9 Å². The van der Waals surface area contributed by atoms with Crippen LogP contribution in [0.4, 0.5) is 5.69 Å². The molecule has 0 spiro atoms. The minimum Gasteiger partial charge on any atom is -0.427 e. The fourth-order valence-corrected chi connectivity index (χ4v) is 2.89. The van der Waals surface area contributed by atoms with E-state index in [1.807, 2.05) is 6.07 Å². The number of nitrogens with zero attached hydrogens (tertiary/aromatic N) is 2. The lowest BCUT2D eigenvalue weighted by Gasteiger charge is -2.21. The molecule has 1 aliphatic heterocycles. The van der Waals surface area contributed by atoms with Gasteiger partial charge in [-0.1, -0.05) is 0 Å². The highest BCUT2D eigenvalue weighted by molar-refractivity contribution is 6.04. The molecule has 8 heteroatoms. The number of rotatable bonds is 3. The van der Waals surface area contributed by atoms with Gasteiger partial charge in [-0.3, -0.25) is 9.48 Å². The van der Waals surface area contributed by atoms with Crippen LogP contribution in [0.5, 0.6) is 0 Å². The van der Waals surface area contributed by atoms with E-state index in [-0.39, 0.29) is 23.9 Å². The molecule has 130 valence electrons. The van der Waals surface area contributed by atoms with Crippen molar-refractivity contribution in [3.63, 3.8) is 0 Å². The maximum Gasteiger partial charge on any atom is 0.349 e. The molecule has 0 saturated carbocycles. The second-order valence-electron chi connectivity index (χ2n) is 5.88. The summed E-state index contributed by atoms with van der Waals surface area (Å²) in [4.78, 5) is 24.6. The zero-order valence-electron chi connectivity index (χ0n) is 13.7. The minimum absolute atomic E-state index is 0. The smallest absolute Gasteiger partial charge is 0.349 e. The normalized spacial score (nSPS) is 14.9. The number of aryl methyl sites for hydroxylation is 2. The third kappa shape index (κ3) is 3.85. The molecule has 0 radical (unpaired) electrons. The summed E-state index contributed by atoms with van der Waals surface area (Å²) in [6, 6.07) is 1.82. The number of amides is 1. The molecule has 1 aliphatic rings. The van der Waals surface area contributed by atoms with Gasteiger partial charge < -0.3 is 15.1 Å². The van der Waals surface area contributed by atoms with Gasteiger partial charge in [-0.25, -0.2) is 4.79 Å². The lowest BCUT2D eigenvalue weighted by Crippen LogP contribution is -2.28. The van der Waals surface area contributed by atoms with Crippen molar-refractivity contribution < 1.29 is 9.21 Å². The molecule has 3 rings (SSSR count). The van der Waals surface area contributed by atoms with Crippen molar-refractivity contribution in [2.75, 3.05) is 18.4 Å². The van der Waals surface area contributed by atoms with Crippen LogP contribution in [0.15, 0.2) is 27.7 Å². The molecule has 24 heavy (non-hydrogen) atoms. The molecule has 1 saturated heterocycles. The van der Waals surface area contributed by atoms with E-state index in [0.717, 1.165) is 25.9 Å². The maximum atomic E-state index is 12.3. The first kappa shape index (κ1) is 18.2. The highest BCUT2D eigenvalue weighted by atomic mass is 35.5. The highest BCUT2D eigenvalue weighted by Gasteiger charge is 2.22. The molecule has 1 fully saturated rings. The predicted octanol–water partition coefficient (Wildman–Crippen LogP) is 1.82. The van der Waals surface area contributed by atoms with E-state index in [4.69, 9.17) is 4.42 Å². The second-order valence-corrected chi connectivity index (χ2v) is 5.88. The maximum absolute atomic E-state index is 12.3. The SMILES string of the molecule is Cc1cc(C2CCNCC2)oc(=O)c1C(=O)Nc1cnn(C)c1.Cl. The Morgan fingerprint density at radius 2 is 2.12 bits per heavy atom. The molecule has 0 aromatic carbocycles. The Morgan fingerprint density at radius 3 is 2.71 bits per heavy atom. The highest BCUT2D eigenvalue weighted by Crippen LogP contribution is 2.25. The van der Waals surface area contributed by atoms with Crippen molar-refractivity contribution in [2.45, 2.75) is 25.7 Å². The van der Waals surface area contributed by atoms with Crippen LogP contribution in [0.25, 0.3) is 0 Å². The van der Waals surface area contributed by atoms with Crippen molar-refractivity contribution in [3.8, 4) is 0 Å². The van der Waals surface area contributed by atoms with Crippen LogP contribution in [0.1, 0.15) is 40.4 Å². The molecule has 2 N–H and O–H groups in total. The molecular formula is C16H21ClN4O3. The molecule has 0 unspecified atom stereocenters. The summed E-state index contributed by atoms with van der Waals surface area (Å²) in [6.45, 7) is 3.59. The van der Waals surface area contributed by atoms with Gasteiger partial charge in [0.25, 0.3) is 5.91 Å². The Kier molecular flexibility index (Phi) is 5.80. The largest absolute Gasteiger partial charge is 0.427 e. The van der Waals surface area contributed by atoms with Crippen LogP contribution >= 0.6 is 12.4 Å². The molecule has 1 amide bonds. The molecule has 3 heterocycles. The van der Waals surface area contributed by atoms with Crippen LogP contribution in [-0.2, 0) is 7.05 Å². The number of nitrogens with one attached hydrogen (secondary N) is 2. The Bertz CT molecular complexity index is 778. The monoisotopic (exact) mass is 352 g/mol. The number of anilines is 1. The van der Waals surface area contributed by atoms with Crippen LogP contribution < -0.4 is 16.3 Å². The Balaban J connectivity index is 0.00000208. The van der Waals surface area contributed by atoms with E-state index in [9.17, 15) is 9.59 Å². The number of piperidine rings is 1. The Labute approximate surface area is 145 Å². The predicted molar refractivity (Wildman–Crippen MR) is 93.0 cm³/mol. The van der Waals surface area contributed by atoms with Gasteiger partial charge in [0, 0.05) is 19.2 Å². The zero-order chi connectivity index (χ0) is 16.4. The summed E-state index contributed by atoms with van der Waals surface area (Å²) in [6.07, 6.45) is 5.06. The van der Waals surface area contributed by atoms with Gasteiger partial charge in [0.05, 0.1) is 11.9 Å². The summed E-state index contributed by atoms with van der Waals surface area (Å²) >= 11 is 0. The van der Waals surface area contributed by atoms with Crippen molar-refractivity contribution in [1.29, 1.82) is 0 Å². The number of halogens is 1. The Hall–Kier alpha value is -2.12. The van der Waals surface area contributed by atoms with Crippen molar-refractivity contribution in [1.82, 2.24) is 15.1 Å². The summed E-state index contributed by atoms with van der Waals surface area (Å²) in [5, 5.41) is 9.93. The molecule has 2 aromatic heterocycles. The first-order valence-electron chi connectivity index (χ1n) is 7.70. The molecule has 7 nitrogen and oxygen atoms in total. The van der Waals surface area contributed by atoms with Gasteiger partial charge in [0.2, 0.25) is 0 Å². The summed E-state index contributed by atoms with van der Waals surface area (Å²) < 4.78 is 7.00. The summed E-state index contributed by atoms with van der Waals surface area (Å²) in [5.74, 6) is 0.436. The third-order valence-corrected chi connectivity index (χ3v) is 4.10. The lowest BCUT2D eigenvalue weighted by molar-refractivity contribution is 0.102. The van der Waals surface area contributed by atoms with E-state index < -0.39 is 11.5 Å². The number of carbonyl (C=O) groups is 1. The Morgan fingerprint density at radius 1 is 1.42 bits per heavy atom. The summed E-state index contributed by atoms with van der Waals surface area (Å²) in [5.41, 5.74) is 0.640. The quantitative estimate of drug-likeness (QED) is 0.879. The number of aromatic nitrogens is 2. The third-order valence-electron chi connectivity index (χ3n) is 4.10. The molecule has 2 aromatic rings. The van der Waals surface area contributed by atoms with Crippen LogP contribution in [0, 0.1) is 6.92 Å². The van der Waals surface area contributed by atoms with Crippen molar-refractivity contribution in [2.24, 2.45) is 7.05 Å². The van der Waals surface area contributed by atoms with Gasteiger partial charge in [0.1, 0.15) is 11.3 Å². The van der Waals surface area contributed by atoms with Gasteiger partial charge >= 0.3 is 5.63 Å². The topological polar surface area (TPSA) is 89.2 Å². The molecular weight excluding hydrogens is 332 g/mol. The summed E-state index contributed by atoms with van der Waals surface area (Å²) in [7, 11) is 1.75. The van der Waals surface area contributed by atoms with Crippen LogP contribution in [0.3, 0.4) is 0 Å². The first-order valence-corrected chi connectivity index (χ1v) is 7.70. The van der Waals surface area contributed by atoms with Crippen LogP contribution in [0.2, 0.25) is 0 Å². The first-order chi connectivity index (χ1) is 11.0. The minimum atomic E-state index is -0.583. The van der Waals surface area contributed by atoms with E-state index in [2.05, 4.69) is 15.7 Å². The van der Waals surface area contributed by atoms with E-state index >= 15 is 0 Å². The average molecular weight is 353 g/mol. The van der Waals surface area contributed by atoms with E-state index in [1.165, 1.54) is 6.20 Å². The molecule has 0 bridgehead atoms. The fraction of sp³-hybridized carbons (Fsp3) is 0.438. The van der Waals surface area contributed by atoms with Crippen molar-refractivity contribution >= 4 is 24.0 Å². The molecule has 0 aliphatic carbocycles. The number of hydrogen-bond donors (Lipinski definition) is 2. The lowest BCUT2D eigenvalue weighted by atomic mass is 9.94. The fourth-order valence-electron chi connectivity index (χ4n) is 2.89. The van der Waals surface area contributed by atoms with Crippen molar-refractivity contribution in [3.05, 3.63) is 45.8 Å².